The number of hydrogen-bond acceptors (Lipinski definition) is 3. The third-order valence-corrected chi connectivity index (χ3v) is 4.50. The lowest BCUT2D eigenvalue weighted by Gasteiger charge is -2.25. The molecule has 0 saturated carbocycles. The number of aromatic nitrogens is 1. The molecule has 0 bridgehead atoms. The molecule has 1 fully saturated rings. The number of halogens is 1. The van der Waals surface area contributed by atoms with Gasteiger partial charge in [0.1, 0.15) is 11.2 Å². The lowest BCUT2D eigenvalue weighted by Crippen LogP contribution is -2.37. The van der Waals surface area contributed by atoms with Crippen LogP contribution in [0.25, 0.3) is 0 Å². The van der Waals surface area contributed by atoms with Crippen LogP contribution in [0.5, 0.6) is 0 Å². The molecule has 2 N–H and O–H groups in total. The van der Waals surface area contributed by atoms with Crippen molar-refractivity contribution < 1.29 is 9.90 Å². The minimum absolute atomic E-state index is 0.00784. The Kier molecular flexibility index (Phi) is 4.00. The van der Waals surface area contributed by atoms with Crippen molar-refractivity contribution in [2.75, 3.05) is 13.1 Å². The molecule has 2 heterocycles. The number of pyridine rings is 1. The van der Waals surface area contributed by atoms with Gasteiger partial charge in [0.2, 0.25) is 0 Å². The molecule has 1 aliphatic rings. The van der Waals surface area contributed by atoms with Crippen LogP contribution in [-0.4, -0.2) is 34.0 Å². The van der Waals surface area contributed by atoms with Crippen molar-refractivity contribution >= 4 is 17.5 Å². The van der Waals surface area contributed by atoms with Gasteiger partial charge in [-0.15, -0.1) is 0 Å². The Labute approximate surface area is 138 Å². The first-order chi connectivity index (χ1) is 10.9. The normalized spacial score (nSPS) is 20.7. The van der Waals surface area contributed by atoms with Gasteiger partial charge in [0.25, 0.3) is 11.5 Å². The van der Waals surface area contributed by atoms with Crippen molar-refractivity contribution in [3.8, 4) is 0 Å². The number of β-amino-alcohol motifs (C(OH)–C–C–N with tert-alkyl or cyclic N) is 1. The zero-order valence-corrected chi connectivity index (χ0v) is 13.4. The van der Waals surface area contributed by atoms with Gasteiger partial charge >= 0.3 is 0 Å². The van der Waals surface area contributed by atoms with Crippen LogP contribution in [-0.2, 0) is 5.60 Å². The maximum Gasteiger partial charge on any atom is 0.260 e. The summed E-state index contributed by atoms with van der Waals surface area (Å²) in [7, 11) is 0. The summed E-state index contributed by atoms with van der Waals surface area (Å²) in [5, 5.41) is 11.2. The van der Waals surface area contributed by atoms with E-state index in [2.05, 4.69) is 4.98 Å². The van der Waals surface area contributed by atoms with Gasteiger partial charge in [0.05, 0.1) is 11.6 Å². The second-order valence-corrected chi connectivity index (χ2v) is 6.32. The predicted octanol–water partition coefficient (Wildman–Crippen LogP) is 2.07. The van der Waals surface area contributed by atoms with E-state index < -0.39 is 17.1 Å². The molecule has 1 aliphatic heterocycles. The van der Waals surface area contributed by atoms with Crippen molar-refractivity contribution in [1.29, 1.82) is 0 Å². The number of H-pyrrole nitrogens is 1. The minimum Gasteiger partial charge on any atom is -0.383 e. The van der Waals surface area contributed by atoms with Crippen LogP contribution in [0.15, 0.2) is 41.3 Å². The maximum absolute atomic E-state index is 12.6. The van der Waals surface area contributed by atoms with Crippen molar-refractivity contribution in [2.45, 2.75) is 18.9 Å². The van der Waals surface area contributed by atoms with Crippen LogP contribution in [0.3, 0.4) is 0 Å². The smallest absolute Gasteiger partial charge is 0.260 e. The Bertz CT molecular complexity index is 817. The number of aromatic amines is 1. The Morgan fingerprint density at radius 1 is 1.39 bits per heavy atom. The molecule has 1 amide bonds. The summed E-state index contributed by atoms with van der Waals surface area (Å²) in [5.74, 6) is -0.418. The largest absolute Gasteiger partial charge is 0.383 e. The highest BCUT2D eigenvalue weighted by Crippen LogP contribution is 2.34. The number of nitrogens with zero attached hydrogens (tertiary/aromatic N) is 1. The lowest BCUT2D eigenvalue weighted by atomic mass is 9.89. The summed E-state index contributed by atoms with van der Waals surface area (Å²) in [6.45, 7) is 2.47. The molecule has 23 heavy (non-hydrogen) atoms. The van der Waals surface area contributed by atoms with Crippen LogP contribution in [0.1, 0.15) is 27.9 Å². The number of nitrogens with one attached hydrogen (secondary N) is 1. The van der Waals surface area contributed by atoms with E-state index in [0.29, 0.717) is 18.0 Å². The second kappa shape index (κ2) is 5.83. The first-order valence-corrected chi connectivity index (χ1v) is 7.74. The zero-order chi connectivity index (χ0) is 16.6. The van der Waals surface area contributed by atoms with Gasteiger partial charge in [-0.2, -0.15) is 0 Å². The fraction of sp³-hybridized carbons (Fsp3) is 0.294. The Hall–Kier alpha value is -2.11. The molecule has 3 rings (SSSR count). The van der Waals surface area contributed by atoms with Gasteiger partial charge in [-0.1, -0.05) is 35.9 Å². The molecule has 120 valence electrons. The number of aryl methyl sites for hydroxylation is 1. The summed E-state index contributed by atoms with van der Waals surface area (Å²) in [4.78, 5) is 28.3. The third-order valence-electron chi connectivity index (χ3n) is 4.28. The number of hydrogen-bond donors (Lipinski definition) is 2. The monoisotopic (exact) mass is 332 g/mol. The molecule has 0 spiro atoms. The topological polar surface area (TPSA) is 73.4 Å². The molecule has 5 nitrogen and oxygen atoms in total. The van der Waals surface area contributed by atoms with Gasteiger partial charge in [0.15, 0.2) is 0 Å². The molecule has 0 aliphatic carbocycles. The van der Waals surface area contributed by atoms with Crippen molar-refractivity contribution in [3.05, 3.63) is 68.6 Å². The molecule has 1 atom stereocenters. The highest BCUT2D eigenvalue weighted by atomic mass is 35.5. The van der Waals surface area contributed by atoms with Crippen molar-refractivity contribution in [2.24, 2.45) is 0 Å². The van der Waals surface area contributed by atoms with E-state index in [1.165, 1.54) is 17.2 Å². The predicted molar refractivity (Wildman–Crippen MR) is 87.7 cm³/mol. The van der Waals surface area contributed by atoms with Crippen molar-refractivity contribution in [1.82, 2.24) is 9.88 Å². The number of carbonyl (C=O) groups is 1. The SMILES string of the molecule is Cc1ccccc1[C@@]1(O)CCN(C(=O)c2cc(Cl)c[nH]c2=O)C1. The number of amides is 1. The first kappa shape index (κ1) is 15.8. The number of likely N-dealkylation sites (tertiary alicyclic amines) is 1. The molecule has 6 heteroatoms. The van der Waals surface area contributed by atoms with Gasteiger partial charge in [-0.25, -0.2) is 0 Å². The van der Waals surface area contributed by atoms with Crippen LogP contribution in [0.4, 0.5) is 0 Å². The molecule has 2 aromatic rings. The summed E-state index contributed by atoms with van der Waals surface area (Å²) < 4.78 is 0. The second-order valence-electron chi connectivity index (χ2n) is 5.88. The molecule has 1 saturated heterocycles. The molecule has 0 radical (unpaired) electrons. The van der Waals surface area contributed by atoms with Crippen LogP contribution in [0.2, 0.25) is 5.02 Å². The fourth-order valence-corrected chi connectivity index (χ4v) is 3.23. The van der Waals surface area contributed by atoms with Gasteiger partial charge in [-0.05, 0) is 30.5 Å². The highest BCUT2D eigenvalue weighted by Gasteiger charge is 2.40. The third kappa shape index (κ3) is 2.90. The average molecular weight is 333 g/mol. The van der Waals surface area contributed by atoms with E-state index in [4.69, 9.17) is 11.6 Å². The maximum atomic E-state index is 12.6. The Balaban J connectivity index is 1.88. The lowest BCUT2D eigenvalue weighted by molar-refractivity contribution is 0.0412. The van der Waals surface area contributed by atoms with E-state index in [9.17, 15) is 14.7 Å². The van der Waals surface area contributed by atoms with E-state index in [1.54, 1.807) is 0 Å². The molecule has 0 unspecified atom stereocenters. The quantitative estimate of drug-likeness (QED) is 0.884. The van der Waals surface area contributed by atoms with Crippen molar-refractivity contribution in [3.63, 3.8) is 0 Å². The van der Waals surface area contributed by atoms with E-state index >= 15 is 0 Å². The Morgan fingerprint density at radius 2 is 2.13 bits per heavy atom. The average Bonchev–Trinajstić information content (AvgIpc) is 2.93. The highest BCUT2D eigenvalue weighted by molar-refractivity contribution is 6.30. The van der Waals surface area contributed by atoms with Crippen LogP contribution >= 0.6 is 11.6 Å². The molecular formula is C17H17ClN2O3. The molecule has 1 aromatic heterocycles. The summed E-state index contributed by atoms with van der Waals surface area (Å²) in [6.07, 6.45) is 1.77. The van der Waals surface area contributed by atoms with Crippen LogP contribution in [0, 0.1) is 6.92 Å². The molecule has 1 aromatic carbocycles. The number of carbonyl (C=O) groups excluding carboxylic acids is 1. The number of aliphatic hydroxyl groups is 1. The van der Waals surface area contributed by atoms with E-state index in [1.807, 2.05) is 31.2 Å². The van der Waals surface area contributed by atoms with Gasteiger partial charge in [-0.3, -0.25) is 9.59 Å². The van der Waals surface area contributed by atoms with Crippen LogP contribution < -0.4 is 5.56 Å². The van der Waals surface area contributed by atoms with E-state index in [0.717, 1.165) is 11.1 Å². The Morgan fingerprint density at radius 3 is 2.87 bits per heavy atom. The summed E-state index contributed by atoms with van der Waals surface area (Å²) >= 11 is 5.85. The summed E-state index contributed by atoms with van der Waals surface area (Å²) in [5.41, 5.74) is 0.212. The molecular weight excluding hydrogens is 316 g/mol. The summed E-state index contributed by atoms with van der Waals surface area (Å²) in [6, 6.07) is 8.93. The first-order valence-electron chi connectivity index (χ1n) is 7.37. The fourth-order valence-electron chi connectivity index (χ4n) is 3.07. The zero-order valence-electron chi connectivity index (χ0n) is 12.7. The van der Waals surface area contributed by atoms with Gasteiger partial charge in [0, 0.05) is 12.7 Å². The van der Waals surface area contributed by atoms with E-state index in [-0.39, 0.29) is 12.1 Å². The minimum atomic E-state index is -1.09. The number of rotatable bonds is 2. The van der Waals surface area contributed by atoms with Gasteiger partial charge < -0.3 is 15.0 Å². The number of benzene rings is 1. The standard InChI is InChI=1S/C17H17ClN2O3/c1-11-4-2-3-5-14(11)17(23)6-7-20(10-17)16(22)13-8-12(18)9-19-15(13)21/h2-5,8-9,23H,6-7,10H2,1H3,(H,19,21)/t17-/m1/s1.